The monoisotopic (exact) mass is 446 g/mol. The number of rotatable bonds is 8. The molecule has 3 nitrogen and oxygen atoms in total. The maximum Gasteiger partial charge on any atom is 0.254 e. The summed E-state index contributed by atoms with van der Waals surface area (Å²) in [7, 11) is 0. The summed E-state index contributed by atoms with van der Waals surface area (Å²) in [5.74, 6) is 0. The van der Waals surface area contributed by atoms with Gasteiger partial charge < -0.3 is 4.57 Å². The van der Waals surface area contributed by atoms with Crippen molar-refractivity contribution < 1.29 is 0 Å². The van der Waals surface area contributed by atoms with E-state index in [9.17, 15) is 10.1 Å². The van der Waals surface area contributed by atoms with E-state index >= 15 is 0 Å². The van der Waals surface area contributed by atoms with Crippen LogP contribution in [0.25, 0.3) is 11.1 Å². The molecule has 3 aromatic carbocycles. The van der Waals surface area contributed by atoms with Crippen molar-refractivity contribution in [3.63, 3.8) is 0 Å². The van der Waals surface area contributed by atoms with Crippen LogP contribution in [-0.2, 0) is 19.4 Å². The average molecular weight is 447 g/mol. The lowest BCUT2D eigenvalue weighted by atomic mass is 9.94. The van der Waals surface area contributed by atoms with Crippen molar-refractivity contribution in [1.82, 2.24) is 4.57 Å². The fourth-order valence-corrected chi connectivity index (χ4v) is 4.46. The number of unbranched alkanes of at least 4 members (excludes halogenated alkanes) is 1. The number of nitriles is 1. The molecule has 3 heteroatoms. The number of nitrogens with zero attached hydrogens (tertiary/aromatic N) is 2. The lowest BCUT2D eigenvalue weighted by Gasteiger charge is -2.17. The molecule has 0 aliphatic rings. The van der Waals surface area contributed by atoms with Gasteiger partial charge >= 0.3 is 0 Å². The third-order valence-corrected chi connectivity index (χ3v) is 6.38. The summed E-state index contributed by atoms with van der Waals surface area (Å²) in [5, 5.41) is 9.43. The molecule has 4 rings (SSSR count). The second kappa shape index (κ2) is 10.8. The van der Waals surface area contributed by atoms with Crippen LogP contribution < -0.4 is 5.56 Å². The highest BCUT2D eigenvalue weighted by Crippen LogP contribution is 2.24. The highest BCUT2D eigenvalue weighted by molar-refractivity contribution is 5.70. The normalized spacial score (nSPS) is 10.7. The molecule has 0 saturated heterocycles. The molecule has 0 fully saturated rings. The summed E-state index contributed by atoms with van der Waals surface area (Å²) in [5.41, 5.74) is 8.00. The minimum atomic E-state index is 0.105. The lowest BCUT2D eigenvalue weighted by Crippen LogP contribution is -2.28. The Labute approximate surface area is 202 Å². The number of aryl methyl sites for hydroxylation is 2. The number of hydrogen-bond donors (Lipinski definition) is 0. The molecule has 0 atom stereocenters. The SMILES string of the molecule is CCCCc1cc(C)n(Cc2ccccc2)c(=O)c1Cc1ccc(-c2ccccc2C#N)cc1. The Morgan fingerprint density at radius 3 is 2.29 bits per heavy atom. The predicted octanol–water partition coefficient (Wildman–Crippen LogP) is 6.68. The van der Waals surface area contributed by atoms with E-state index in [1.165, 1.54) is 0 Å². The molecule has 0 radical (unpaired) electrons. The summed E-state index contributed by atoms with van der Waals surface area (Å²) in [6.45, 7) is 4.79. The van der Waals surface area contributed by atoms with Gasteiger partial charge in [-0.3, -0.25) is 4.79 Å². The lowest BCUT2D eigenvalue weighted by molar-refractivity contribution is 0.703. The number of hydrogen-bond acceptors (Lipinski definition) is 2. The first-order chi connectivity index (χ1) is 16.6. The van der Waals surface area contributed by atoms with Crippen molar-refractivity contribution in [3.8, 4) is 17.2 Å². The molecule has 1 aromatic heterocycles. The van der Waals surface area contributed by atoms with E-state index in [4.69, 9.17) is 0 Å². The molecule has 0 amide bonds. The van der Waals surface area contributed by atoms with Crippen LogP contribution >= 0.6 is 0 Å². The van der Waals surface area contributed by atoms with Gasteiger partial charge in [-0.2, -0.15) is 5.26 Å². The fraction of sp³-hybridized carbons (Fsp3) is 0.226. The summed E-state index contributed by atoms with van der Waals surface area (Å²) >= 11 is 0. The van der Waals surface area contributed by atoms with Crippen LogP contribution in [0.15, 0.2) is 89.7 Å². The van der Waals surface area contributed by atoms with E-state index < -0.39 is 0 Å². The molecule has 0 saturated carbocycles. The van der Waals surface area contributed by atoms with Crippen LogP contribution in [0.1, 0.15) is 53.3 Å². The van der Waals surface area contributed by atoms with Crippen LogP contribution in [0.5, 0.6) is 0 Å². The number of aromatic nitrogens is 1. The second-order valence-corrected chi connectivity index (χ2v) is 8.80. The van der Waals surface area contributed by atoms with Crippen LogP contribution in [0.4, 0.5) is 0 Å². The van der Waals surface area contributed by atoms with Gasteiger partial charge in [0.2, 0.25) is 0 Å². The second-order valence-electron chi connectivity index (χ2n) is 8.80. The number of benzene rings is 3. The average Bonchev–Trinajstić information content (AvgIpc) is 2.88. The maximum atomic E-state index is 13.7. The van der Waals surface area contributed by atoms with E-state index in [1.807, 2.05) is 66.1 Å². The Hall–Kier alpha value is -3.90. The molecule has 0 bridgehead atoms. The first kappa shape index (κ1) is 23.3. The van der Waals surface area contributed by atoms with Gasteiger partial charge in [0, 0.05) is 17.7 Å². The van der Waals surface area contributed by atoms with E-state index in [0.717, 1.165) is 58.3 Å². The van der Waals surface area contributed by atoms with Gasteiger partial charge in [0.05, 0.1) is 18.2 Å². The Morgan fingerprint density at radius 1 is 0.882 bits per heavy atom. The topological polar surface area (TPSA) is 45.8 Å². The number of pyridine rings is 1. The van der Waals surface area contributed by atoms with Gasteiger partial charge in [0.1, 0.15) is 0 Å². The summed E-state index contributed by atoms with van der Waals surface area (Å²) in [4.78, 5) is 13.7. The molecule has 34 heavy (non-hydrogen) atoms. The molecular formula is C31H30N2O. The van der Waals surface area contributed by atoms with Gasteiger partial charge in [-0.15, -0.1) is 0 Å². The molecule has 0 aliphatic carbocycles. The van der Waals surface area contributed by atoms with E-state index in [1.54, 1.807) is 0 Å². The maximum absolute atomic E-state index is 13.7. The smallest absolute Gasteiger partial charge is 0.254 e. The third-order valence-electron chi connectivity index (χ3n) is 6.38. The van der Waals surface area contributed by atoms with Crippen molar-refractivity contribution in [2.75, 3.05) is 0 Å². The first-order valence-corrected chi connectivity index (χ1v) is 11.9. The molecule has 0 N–H and O–H groups in total. The Balaban J connectivity index is 1.69. The fourth-order valence-electron chi connectivity index (χ4n) is 4.46. The van der Waals surface area contributed by atoms with Gasteiger partial charge in [-0.1, -0.05) is 86.1 Å². The van der Waals surface area contributed by atoms with Crippen molar-refractivity contribution in [2.45, 2.75) is 46.1 Å². The zero-order chi connectivity index (χ0) is 23.9. The van der Waals surface area contributed by atoms with Crippen molar-refractivity contribution in [1.29, 1.82) is 5.26 Å². The highest BCUT2D eigenvalue weighted by atomic mass is 16.1. The van der Waals surface area contributed by atoms with E-state index in [0.29, 0.717) is 18.5 Å². The molecule has 4 aromatic rings. The standard InChI is InChI=1S/C31H30N2O/c1-3-4-12-27-19-23(2)33(22-25-10-6-5-7-11-25)31(34)30(27)20-24-15-17-26(18-16-24)29-14-9-8-13-28(29)21-32/h5-11,13-19H,3-4,12,20,22H2,1-2H3. The third kappa shape index (κ3) is 5.18. The van der Waals surface area contributed by atoms with Crippen LogP contribution in [0.3, 0.4) is 0 Å². The van der Waals surface area contributed by atoms with Crippen LogP contribution in [-0.4, -0.2) is 4.57 Å². The minimum Gasteiger partial charge on any atom is -0.308 e. The Bertz CT molecular complexity index is 1360. The van der Waals surface area contributed by atoms with Gasteiger partial charge in [-0.25, -0.2) is 0 Å². The first-order valence-electron chi connectivity index (χ1n) is 11.9. The molecule has 170 valence electrons. The van der Waals surface area contributed by atoms with Crippen molar-refractivity contribution >= 4 is 0 Å². The predicted molar refractivity (Wildman–Crippen MR) is 139 cm³/mol. The zero-order valence-electron chi connectivity index (χ0n) is 19.9. The van der Waals surface area contributed by atoms with Crippen LogP contribution in [0, 0.1) is 18.3 Å². The summed E-state index contributed by atoms with van der Waals surface area (Å²) in [6, 6.07) is 30.5. The van der Waals surface area contributed by atoms with E-state index in [2.05, 4.69) is 43.3 Å². The van der Waals surface area contributed by atoms with Gasteiger partial charge in [0.25, 0.3) is 5.56 Å². The Morgan fingerprint density at radius 2 is 1.59 bits per heavy atom. The zero-order valence-corrected chi connectivity index (χ0v) is 19.9. The van der Waals surface area contributed by atoms with Crippen LogP contribution in [0.2, 0.25) is 0 Å². The Kier molecular flexibility index (Phi) is 7.40. The quantitative estimate of drug-likeness (QED) is 0.303. The molecular weight excluding hydrogens is 416 g/mol. The molecule has 1 heterocycles. The highest BCUT2D eigenvalue weighted by Gasteiger charge is 2.14. The van der Waals surface area contributed by atoms with Crippen molar-refractivity contribution in [2.24, 2.45) is 0 Å². The molecule has 0 aliphatic heterocycles. The van der Waals surface area contributed by atoms with E-state index in [-0.39, 0.29) is 5.56 Å². The van der Waals surface area contributed by atoms with Crippen molar-refractivity contribution in [3.05, 3.63) is 129 Å². The van der Waals surface area contributed by atoms with Gasteiger partial charge in [-0.05, 0) is 59.7 Å². The largest absolute Gasteiger partial charge is 0.308 e. The minimum absolute atomic E-state index is 0.105. The molecule has 0 spiro atoms. The molecule has 0 unspecified atom stereocenters. The summed E-state index contributed by atoms with van der Waals surface area (Å²) in [6.07, 6.45) is 3.69. The van der Waals surface area contributed by atoms with Gasteiger partial charge in [0.15, 0.2) is 0 Å². The summed E-state index contributed by atoms with van der Waals surface area (Å²) < 4.78 is 1.90.